The van der Waals surface area contributed by atoms with E-state index in [0.29, 0.717) is 0 Å². The number of hydrogen-bond donors (Lipinski definition) is 2. The van der Waals surface area contributed by atoms with E-state index in [0.717, 1.165) is 31.9 Å². The smallest absolute Gasteiger partial charge is 0.338 e. The lowest BCUT2D eigenvalue weighted by atomic mass is 10.0. The van der Waals surface area contributed by atoms with Gasteiger partial charge in [-0.15, -0.1) is 0 Å². The van der Waals surface area contributed by atoms with Gasteiger partial charge in [0, 0.05) is 12.1 Å². The molecule has 0 aliphatic carbocycles. The van der Waals surface area contributed by atoms with Crippen LogP contribution in [0.2, 0.25) is 0 Å². The lowest BCUT2D eigenvalue weighted by Crippen LogP contribution is -2.35. The number of furan rings is 1. The summed E-state index contributed by atoms with van der Waals surface area (Å²) in [6.07, 6.45) is 4.61. The molecule has 1 unspecified atom stereocenters. The SMILES string of the molecule is CCCC(CCc1ccccc1)NC(=O)c1cc(C(=O)O)co1. The number of benzene rings is 1. The third-order valence-corrected chi connectivity index (χ3v) is 3.67. The number of carbonyl (C=O) groups is 2. The van der Waals surface area contributed by atoms with Crippen LogP contribution in [0.1, 0.15) is 52.7 Å². The first-order valence-corrected chi connectivity index (χ1v) is 7.76. The fourth-order valence-corrected chi connectivity index (χ4v) is 2.45. The molecule has 122 valence electrons. The van der Waals surface area contributed by atoms with Crippen LogP contribution in [0.3, 0.4) is 0 Å². The highest BCUT2D eigenvalue weighted by molar-refractivity contribution is 5.95. The second kappa shape index (κ2) is 8.17. The summed E-state index contributed by atoms with van der Waals surface area (Å²) in [5, 5.41) is 11.8. The van der Waals surface area contributed by atoms with E-state index < -0.39 is 5.97 Å². The average Bonchev–Trinajstić information content (AvgIpc) is 3.04. The Hall–Kier alpha value is -2.56. The van der Waals surface area contributed by atoms with Gasteiger partial charge in [0.05, 0.1) is 5.56 Å². The van der Waals surface area contributed by atoms with Gasteiger partial charge in [0.15, 0.2) is 5.76 Å². The number of aromatic carboxylic acids is 1. The fraction of sp³-hybridized carbons (Fsp3) is 0.333. The molecule has 1 amide bonds. The third-order valence-electron chi connectivity index (χ3n) is 3.67. The highest BCUT2D eigenvalue weighted by Gasteiger charge is 2.18. The molecule has 0 saturated heterocycles. The predicted octanol–water partition coefficient (Wildman–Crippen LogP) is 3.51. The van der Waals surface area contributed by atoms with Crippen molar-refractivity contribution < 1.29 is 19.1 Å². The van der Waals surface area contributed by atoms with Crippen LogP contribution in [0.25, 0.3) is 0 Å². The van der Waals surface area contributed by atoms with E-state index >= 15 is 0 Å². The highest BCUT2D eigenvalue weighted by Crippen LogP contribution is 2.12. The van der Waals surface area contributed by atoms with E-state index in [9.17, 15) is 9.59 Å². The zero-order valence-electron chi connectivity index (χ0n) is 13.1. The minimum Gasteiger partial charge on any atom is -0.478 e. The Morgan fingerprint density at radius 2 is 1.96 bits per heavy atom. The lowest BCUT2D eigenvalue weighted by Gasteiger charge is -2.17. The van der Waals surface area contributed by atoms with Crippen molar-refractivity contribution in [3.8, 4) is 0 Å². The van der Waals surface area contributed by atoms with Gasteiger partial charge in [-0.3, -0.25) is 4.79 Å². The van der Waals surface area contributed by atoms with Gasteiger partial charge >= 0.3 is 5.97 Å². The Balaban J connectivity index is 1.94. The summed E-state index contributed by atoms with van der Waals surface area (Å²) >= 11 is 0. The van der Waals surface area contributed by atoms with Crippen LogP contribution < -0.4 is 5.32 Å². The van der Waals surface area contributed by atoms with Crippen molar-refractivity contribution in [3.05, 3.63) is 59.5 Å². The maximum absolute atomic E-state index is 12.2. The first-order chi connectivity index (χ1) is 11.1. The molecule has 1 aromatic carbocycles. The zero-order chi connectivity index (χ0) is 16.7. The summed E-state index contributed by atoms with van der Waals surface area (Å²) in [5.41, 5.74) is 1.21. The summed E-state index contributed by atoms with van der Waals surface area (Å²) in [7, 11) is 0. The van der Waals surface area contributed by atoms with Crippen LogP contribution in [0.15, 0.2) is 47.1 Å². The lowest BCUT2D eigenvalue weighted by molar-refractivity contribution is 0.0695. The molecule has 23 heavy (non-hydrogen) atoms. The minimum atomic E-state index is -1.11. The van der Waals surface area contributed by atoms with Crippen molar-refractivity contribution in [1.29, 1.82) is 0 Å². The number of aryl methyl sites for hydroxylation is 1. The molecule has 2 N–H and O–H groups in total. The maximum atomic E-state index is 12.2. The number of nitrogens with one attached hydrogen (secondary N) is 1. The van der Waals surface area contributed by atoms with Crippen molar-refractivity contribution in [2.24, 2.45) is 0 Å². The number of carboxylic acid groups (broad SMARTS) is 1. The third kappa shape index (κ3) is 4.98. The van der Waals surface area contributed by atoms with Gasteiger partial charge in [0.25, 0.3) is 5.91 Å². The molecule has 0 saturated carbocycles. The zero-order valence-corrected chi connectivity index (χ0v) is 13.1. The van der Waals surface area contributed by atoms with E-state index in [4.69, 9.17) is 9.52 Å². The largest absolute Gasteiger partial charge is 0.478 e. The molecule has 2 rings (SSSR count). The van der Waals surface area contributed by atoms with Gasteiger partial charge < -0.3 is 14.8 Å². The molecule has 0 aliphatic heterocycles. The number of carbonyl (C=O) groups excluding carboxylic acids is 1. The topological polar surface area (TPSA) is 79.5 Å². The molecular weight excluding hydrogens is 294 g/mol. The Morgan fingerprint density at radius 3 is 2.57 bits per heavy atom. The van der Waals surface area contributed by atoms with Crippen molar-refractivity contribution >= 4 is 11.9 Å². The summed E-state index contributed by atoms with van der Waals surface area (Å²) in [5.74, 6) is -1.45. The average molecular weight is 315 g/mol. The molecule has 0 radical (unpaired) electrons. The molecule has 0 spiro atoms. The van der Waals surface area contributed by atoms with Crippen LogP contribution in [0, 0.1) is 0 Å². The van der Waals surface area contributed by atoms with E-state index in [1.54, 1.807) is 0 Å². The monoisotopic (exact) mass is 315 g/mol. The molecule has 0 aliphatic rings. The molecule has 1 atom stereocenters. The number of hydrogen-bond acceptors (Lipinski definition) is 3. The predicted molar refractivity (Wildman–Crippen MR) is 86.6 cm³/mol. The second-order valence-corrected chi connectivity index (χ2v) is 5.49. The highest BCUT2D eigenvalue weighted by atomic mass is 16.4. The van der Waals surface area contributed by atoms with Crippen LogP contribution in [0.5, 0.6) is 0 Å². The van der Waals surface area contributed by atoms with Gasteiger partial charge in [-0.25, -0.2) is 4.79 Å². The summed E-state index contributed by atoms with van der Waals surface area (Å²) in [4.78, 5) is 23.0. The van der Waals surface area contributed by atoms with Crippen molar-refractivity contribution in [1.82, 2.24) is 5.32 Å². The Morgan fingerprint density at radius 1 is 1.22 bits per heavy atom. The van der Waals surface area contributed by atoms with Gasteiger partial charge in [0.1, 0.15) is 6.26 Å². The van der Waals surface area contributed by atoms with Gasteiger partial charge in [-0.1, -0.05) is 43.7 Å². The maximum Gasteiger partial charge on any atom is 0.338 e. The van der Waals surface area contributed by atoms with E-state index in [1.165, 1.54) is 11.6 Å². The Kier molecular flexibility index (Phi) is 5.97. The fourth-order valence-electron chi connectivity index (χ4n) is 2.45. The first-order valence-electron chi connectivity index (χ1n) is 7.76. The van der Waals surface area contributed by atoms with Gasteiger partial charge in [-0.05, 0) is 24.8 Å². The molecule has 1 aromatic heterocycles. The van der Waals surface area contributed by atoms with E-state index in [-0.39, 0.29) is 23.3 Å². The van der Waals surface area contributed by atoms with Crippen LogP contribution >= 0.6 is 0 Å². The summed E-state index contributed by atoms with van der Waals surface area (Å²) < 4.78 is 5.04. The van der Waals surface area contributed by atoms with Gasteiger partial charge in [-0.2, -0.15) is 0 Å². The standard InChI is InChI=1S/C18H21NO4/c1-2-6-15(10-9-13-7-4-3-5-8-13)19-17(20)16-11-14(12-23-16)18(21)22/h3-5,7-8,11-12,15H,2,6,9-10H2,1H3,(H,19,20)(H,21,22). The normalized spacial score (nSPS) is 11.9. The molecule has 0 fully saturated rings. The van der Waals surface area contributed by atoms with Crippen LogP contribution in [-0.4, -0.2) is 23.0 Å². The van der Waals surface area contributed by atoms with Crippen molar-refractivity contribution in [2.75, 3.05) is 0 Å². The summed E-state index contributed by atoms with van der Waals surface area (Å²) in [6.45, 7) is 2.07. The quantitative estimate of drug-likeness (QED) is 0.781. The number of rotatable bonds is 8. The molecule has 0 bridgehead atoms. The Labute approximate surface area is 135 Å². The molecular formula is C18H21NO4. The van der Waals surface area contributed by atoms with Gasteiger partial charge in [0.2, 0.25) is 0 Å². The van der Waals surface area contributed by atoms with Crippen LogP contribution in [0.4, 0.5) is 0 Å². The van der Waals surface area contributed by atoms with Crippen molar-refractivity contribution in [3.63, 3.8) is 0 Å². The second-order valence-electron chi connectivity index (χ2n) is 5.49. The van der Waals surface area contributed by atoms with E-state index in [1.807, 2.05) is 18.2 Å². The number of carboxylic acids is 1. The number of amides is 1. The first kappa shape index (κ1) is 16.8. The molecule has 2 aromatic rings. The molecule has 5 heteroatoms. The molecule has 1 heterocycles. The van der Waals surface area contributed by atoms with E-state index in [2.05, 4.69) is 24.4 Å². The minimum absolute atomic E-state index is 0.0218. The summed E-state index contributed by atoms with van der Waals surface area (Å²) in [6, 6.07) is 11.4. The van der Waals surface area contributed by atoms with Crippen molar-refractivity contribution in [2.45, 2.75) is 38.6 Å². The Bertz CT molecular complexity index is 648. The van der Waals surface area contributed by atoms with Crippen LogP contribution in [-0.2, 0) is 6.42 Å². The molecule has 5 nitrogen and oxygen atoms in total.